The van der Waals surface area contributed by atoms with E-state index >= 15 is 0 Å². The average Bonchev–Trinajstić information content (AvgIpc) is 3.33. The van der Waals surface area contributed by atoms with Gasteiger partial charge in [0.15, 0.2) is 0 Å². The maximum atomic E-state index is 12.7. The highest BCUT2D eigenvalue weighted by Crippen LogP contribution is 2.24. The van der Waals surface area contributed by atoms with Crippen molar-refractivity contribution in [2.24, 2.45) is 0 Å². The number of hydrogen-bond donors (Lipinski definition) is 3. The Hall–Kier alpha value is -4.13. The molecule has 1 unspecified atom stereocenters. The monoisotopic (exact) mass is 442 g/mol. The van der Waals surface area contributed by atoms with Crippen LogP contribution in [0.3, 0.4) is 0 Å². The van der Waals surface area contributed by atoms with Crippen LogP contribution in [-0.4, -0.2) is 28.5 Å². The maximum absolute atomic E-state index is 12.7. The van der Waals surface area contributed by atoms with Crippen molar-refractivity contribution in [1.29, 1.82) is 0 Å². The van der Waals surface area contributed by atoms with E-state index in [-0.39, 0.29) is 25.0 Å². The van der Waals surface area contributed by atoms with Crippen molar-refractivity contribution in [3.05, 3.63) is 102 Å². The second-order valence-corrected chi connectivity index (χ2v) is 7.68. The van der Waals surface area contributed by atoms with Crippen LogP contribution in [0.2, 0.25) is 0 Å². The molecule has 4 rings (SSSR count). The Balaban J connectivity index is 1.28. The number of benzene rings is 3. The highest BCUT2D eigenvalue weighted by atomic mass is 16.5. The zero-order valence-electron chi connectivity index (χ0n) is 18.2. The number of alkyl carbamates (subject to hydrolysis) is 1. The van der Waals surface area contributed by atoms with Gasteiger partial charge in [0, 0.05) is 13.0 Å². The van der Waals surface area contributed by atoms with Crippen LogP contribution in [0, 0.1) is 0 Å². The molecule has 2 amide bonds. The molecule has 168 valence electrons. The molecular formula is C26H26N4O3. The van der Waals surface area contributed by atoms with E-state index in [1.54, 1.807) is 6.33 Å². The third kappa shape index (κ3) is 6.20. The molecule has 3 N–H and O–H groups in total. The van der Waals surface area contributed by atoms with Gasteiger partial charge >= 0.3 is 6.09 Å². The molecule has 7 heteroatoms. The van der Waals surface area contributed by atoms with Crippen LogP contribution in [0.1, 0.15) is 35.6 Å². The number of ether oxygens (including phenoxy) is 1. The summed E-state index contributed by atoms with van der Waals surface area (Å²) in [4.78, 5) is 31.9. The van der Waals surface area contributed by atoms with Crippen molar-refractivity contribution in [2.45, 2.75) is 25.5 Å². The predicted octanol–water partition coefficient (Wildman–Crippen LogP) is 4.48. The van der Waals surface area contributed by atoms with Gasteiger partial charge in [0.2, 0.25) is 5.91 Å². The summed E-state index contributed by atoms with van der Waals surface area (Å²) in [5.74, 6) is -0.0898. The first kappa shape index (κ1) is 22.1. The molecule has 1 aromatic heterocycles. The summed E-state index contributed by atoms with van der Waals surface area (Å²) in [7, 11) is 0. The largest absolute Gasteiger partial charge is 0.445 e. The highest BCUT2D eigenvalue weighted by molar-refractivity contribution is 5.78. The van der Waals surface area contributed by atoms with Gasteiger partial charge in [-0.3, -0.25) is 4.79 Å². The van der Waals surface area contributed by atoms with Crippen LogP contribution in [-0.2, 0) is 16.1 Å². The topological polar surface area (TPSA) is 96.1 Å². The molecule has 4 aromatic rings. The third-order valence-corrected chi connectivity index (χ3v) is 5.28. The van der Waals surface area contributed by atoms with E-state index in [1.807, 2.05) is 78.9 Å². The molecule has 0 aliphatic carbocycles. The molecule has 33 heavy (non-hydrogen) atoms. The Labute approximate surface area is 192 Å². The smallest absolute Gasteiger partial charge is 0.407 e. The lowest BCUT2D eigenvalue weighted by atomic mass is 9.98. The van der Waals surface area contributed by atoms with Crippen molar-refractivity contribution in [2.75, 3.05) is 6.54 Å². The number of H-pyrrole nitrogens is 1. The van der Waals surface area contributed by atoms with Gasteiger partial charge < -0.3 is 20.4 Å². The summed E-state index contributed by atoms with van der Waals surface area (Å²) >= 11 is 0. The second kappa shape index (κ2) is 10.9. The zero-order chi connectivity index (χ0) is 22.9. The van der Waals surface area contributed by atoms with E-state index in [0.717, 1.165) is 27.7 Å². The minimum absolute atomic E-state index is 0.0898. The van der Waals surface area contributed by atoms with Crippen molar-refractivity contribution in [1.82, 2.24) is 20.6 Å². The number of imidazole rings is 1. The van der Waals surface area contributed by atoms with Crippen LogP contribution >= 0.6 is 0 Å². The number of carbonyl (C=O) groups is 2. The van der Waals surface area contributed by atoms with E-state index in [0.29, 0.717) is 13.0 Å². The van der Waals surface area contributed by atoms with Crippen LogP contribution in [0.5, 0.6) is 0 Å². The highest BCUT2D eigenvalue weighted by Gasteiger charge is 2.17. The molecule has 0 aliphatic heterocycles. The van der Waals surface area contributed by atoms with E-state index in [1.165, 1.54) is 0 Å². The zero-order valence-corrected chi connectivity index (χ0v) is 18.2. The number of hydrogen-bond acceptors (Lipinski definition) is 4. The number of amides is 2. The number of aromatic amines is 1. The fraction of sp³-hybridized carbons (Fsp3) is 0.192. The van der Waals surface area contributed by atoms with Crippen molar-refractivity contribution in [3.8, 4) is 0 Å². The number of nitrogens with zero attached hydrogens (tertiary/aromatic N) is 1. The van der Waals surface area contributed by atoms with Crippen LogP contribution in [0.25, 0.3) is 11.0 Å². The Kier molecular flexibility index (Phi) is 7.33. The Morgan fingerprint density at radius 2 is 1.70 bits per heavy atom. The fourth-order valence-corrected chi connectivity index (χ4v) is 3.58. The number of nitrogens with one attached hydrogen (secondary N) is 3. The van der Waals surface area contributed by atoms with Gasteiger partial charge in [-0.15, -0.1) is 0 Å². The minimum atomic E-state index is -0.491. The van der Waals surface area contributed by atoms with Crippen LogP contribution in [0.4, 0.5) is 4.79 Å². The molecule has 0 fully saturated rings. The van der Waals surface area contributed by atoms with Gasteiger partial charge in [-0.1, -0.05) is 66.7 Å². The lowest BCUT2D eigenvalue weighted by Gasteiger charge is -2.20. The number of aromatic nitrogens is 2. The number of fused-ring (bicyclic) bond motifs is 1. The molecular weight excluding hydrogens is 416 g/mol. The van der Waals surface area contributed by atoms with E-state index in [4.69, 9.17) is 4.74 Å². The van der Waals surface area contributed by atoms with Gasteiger partial charge in [-0.2, -0.15) is 0 Å². The third-order valence-electron chi connectivity index (χ3n) is 5.28. The maximum Gasteiger partial charge on any atom is 0.407 e. The average molecular weight is 443 g/mol. The lowest BCUT2D eigenvalue weighted by Crippen LogP contribution is -2.31. The van der Waals surface area contributed by atoms with Crippen molar-refractivity contribution in [3.63, 3.8) is 0 Å². The van der Waals surface area contributed by atoms with Crippen LogP contribution < -0.4 is 10.6 Å². The molecule has 1 atom stereocenters. The van der Waals surface area contributed by atoms with Gasteiger partial charge in [0.1, 0.15) is 6.61 Å². The summed E-state index contributed by atoms with van der Waals surface area (Å²) in [6, 6.07) is 25.0. The molecule has 0 saturated carbocycles. The molecule has 1 heterocycles. The SMILES string of the molecule is O=C(CCCNC(=O)OCc1ccccc1)NC(c1ccccc1)c1ccc2nc[nH]c2c1. The summed E-state index contributed by atoms with van der Waals surface area (Å²) < 4.78 is 5.19. The normalized spacial score (nSPS) is 11.6. The molecule has 0 aliphatic rings. The van der Waals surface area contributed by atoms with E-state index < -0.39 is 6.09 Å². The first-order valence-corrected chi connectivity index (χ1v) is 10.9. The van der Waals surface area contributed by atoms with Gasteiger partial charge in [0.25, 0.3) is 0 Å². The standard InChI is InChI=1S/C26H26N4O3/c31-24(12-7-15-27-26(32)33-17-19-8-3-1-4-9-19)30-25(20-10-5-2-6-11-20)21-13-14-22-23(16-21)29-18-28-22/h1-6,8-11,13-14,16,18,25H,7,12,15,17H2,(H,27,32)(H,28,29)(H,30,31). The van der Waals surface area contributed by atoms with Gasteiger partial charge in [0.05, 0.1) is 23.4 Å². The Morgan fingerprint density at radius 3 is 2.48 bits per heavy atom. The molecule has 7 nitrogen and oxygen atoms in total. The second-order valence-electron chi connectivity index (χ2n) is 7.68. The summed E-state index contributed by atoms with van der Waals surface area (Å²) in [5, 5.41) is 5.81. The molecule has 0 radical (unpaired) electrons. The van der Waals surface area contributed by atoms with Gasteiger partial charge in [-0.25, -0.2) is 9.78 Å². The quantitative estimate of drug-likeness (QED) is 0.333. The van der Waals surface area contributed by atoms with E-state index in [9.17, 15) is 9.59 Å². The fourth-order valence-electron chi connectivity index (χ4n) is 3.58. The Bertz CT molecular complexity index is 1190. The predicted molar refractivity (Wildman–Crippen MR) is 126 cm³/mol. The molecule has 0 spiro atoms. The minimum Gasteiger partial charge on any atom is -0.445 e. The van der Waals surface area contributed by atoms with Crippen LogP contribution in [0.15, 0.2) is 85.2 Å². The number of rotatable bonds is 9. The molecule has 3 aromatic carbocycles. The Morgan fingerprint density at radius 1 is 0.939 bits per heavy atom. The van der Waals surface area contributed by atoms with Crippen molar-refractivity contribution < 1.29 is 14.3 Å². The van der Waals surface area contributed by atoms with Crippen molar-refractivity contribution >= 4 is 23.0 Å². The molecule has 0 bridgehead atoms. The first-order chi connectivity index (χ1) is 16.2. The van der Waals surface area contributed by atoms with Gasteiger partial charge in [-0.05, 0) is 35.2 Å². The molecule has 0 saturated heterocycles. The summed E-state index contributed by atoms with van der Waals surface area (Å²) in [5.41, 5.74) is 4.68. The summed E-state index contributed by atoms with van der Waals surface area (Å²) in [6.45, 7) is 0.573. The summed E-state index contributed by atoms with van der Waals surface area (Å²) in [6.07, 6.45) is 1.96. The lowest BCUT2D eigenvalue weighted by molar-refractivity contribution is -0.121. The van der Waals surface area contributed by atoms with E-state index in [2.05, 4.69) is 20.6 Å². The number of carbonyl (C=O) groups excluding carboxylic acids is 2. The first-order valence-electron chi connectivity index (χ1n) is 10.9.